The van der Waals surface area contributed by atoms with E-state index in [0.29, 0.717) is 0 Å². The highest BCUT2D eigenvalue weighted by atomic mass is 16.6. The molecule has 2 atom stereocenters. The molecule has 1 aromatic heterocycles. The summed E-state index contributed by atoms with van der Waals surface area (Å²) in [5, 5.41) is 3.50. The van der Waals surface area contributed by atoms with Crippen LogP contribution in [0.2, 0.25) is 0 Å². The van der Waals surface area contributed by atoms with Crippen LogP contribution in [0.5, 0.6) is 0 Å². The first-order valence-electron chi connectivity index (χ1n) is 8.51. The molecule has 23 heavy (non-hydrogen) atoms. The first kappa shape index (κ1) is 17.7. The fourth-order valence-electron chi connectivity index (χ4n) is 2.82. The topological polar surface area (TPSA) is 54.5 Å². The number of piperidine rings is 1. The lowest BCUT2D eigenvalue weighted by molar-refractivity contribution is 0.00969. The largest absolute Gasteiger partial charge is 0.444 e. The summed E-state index contributed by atoms with van der Waals surface area (Å²) < 4.78 is 5.55. The summed E-state index contributed by atoms with van der Waals surface area (Å²) in [5.41, 5.74) is 0.570. The van der Waals surface area contributed by atoms with Crippen LogP contribution in [0.25, 0.3) is 0 Å². The zero-order chi connectivity index (χ0) is 16.9. The fraction of sp³-hybridized carbons (Fsp3) is 0.667. The first-order chi connectivity index (χ1) is 10.9. The van der Waals surface area contributed by atoms with Crippen LogP contribution in [0.1, 0.15) is 58.7 Å². The smallest absolute Gasteiger partial charge is 0.410 e. The Kier molecular flexibility index (Phi) is 5.99. The second-order valence-corrected chi connectivity index (χ2v) is 7.21. The number of amides is 1. The summed E-state index contributed by atoms with van der Waals surface area (Å²) in [4.78, 5) is 18.7. The Bertz CT molecular complexity index is 499. The van der Waals surface area contributed by atoms with E-state index in [-0.39, 0.29) is 18.2 Å². The minimum Gasteiger partial charge on any atom is -0.444 e. The Hall–Kier alpha value is -1.62. The monoisotopic (exact) mass is 319 g/mol. The molecule has 1 aromatic rings. The van der Waals surface area contributed by atoms with Crippen molar-refractivity contribution < 1.29 is 9.53 Å². The molecule has 2 heterocycles. The van der Waals surface area contributed by atoms with E-state index >= 15 is 0 Å². The Morgan fingerprint density at radius 2 is 2.22 bits per heavy atom. The van der Waals surface area contributed by atoms with E-state index in [9.17, 15) is 4.79 Å². The van der Waals surface area contributed by atoms with Crippen molar-refractivity contribution in [3.05, 3.63) is 30.1 Å². The quantitative estimate of drug-likeness (QED) is 0.922. The number of nitrogens with zero attached hydrogens (tertiary/aromatic N) is 2. The van der Waals surface area contributed by atoms with E-state index in [4.69, 9.17) is 4.74 Å². The normalized spacial score (nSPS) is 20.2. The Morgan fingerprint density at radius 1 is 1.43 bits per heavy atom. The van der Waals surface area contributed by atoms with Gasteiger partial charge in [-0.3, -0.25) is 4.98 Å². The summed E-state index contributed by atoms with van der Waals surface area (Å²) in [5.74, 6) is 0. The van der Waals surface area contributed by atoms with Gasteiger partial charge < -0.3 is 15.0 Å². The van der Waals surface area contributed by atoms with Crippen molar-refractivity contribution in [3.8, 4) is 0 Å². The minimum absolute atomic E-state index is 0.165. The van der Waals surface area contributed by atoms with E-state index < -0.39 is 5.60 Å². The molecule has 0 spiro atoms. The summed E-state index contributed by atoms with van der Waals surface area (Å²) in [6.45, 7) is 9.36. The lowest BCUT2D eigenvalue weighted by Crippen LogP contribution is -2.50. The zero-order valence-corrected chi connectivity index (χ0v) is 14.7. The minimum atomic E-state index is -0.451. The maximum Gasteiger partial charge on any atom is 0.410 e. The highest BCUT2D eigenvalue weighted by Crippen LogP contribution is 2.21. The van der Waals surface area contributed by atoms with Crippen LogP contribution in [-0.2, 0) is 4.74 Å². The van der Waals surface area contributed by atoms with Crippen molar-refractivity contribution in [2.45, 2.75) is 64.6 Å². The molecular weight excluding hydrogens is 290 g/mol. The van der Waals surface area contributed by atoms with Gasteiger partial charge in [0.05, 0.1) is 5.69 Å². The molecule has 1 saturated heterocycles. The number of carbonyl (C=O) groups excluding carboxylic acids is 1. The Morgan fingerprint density at radius 3 is 2.87 bits per heavy atom. The SMILES string of the molecule is C[C@H](NC[C@H]1CCCCN1C(=O)OC(C)(C)C)c1ccccn1. The van der Waals surface area contributed by atoms with Gasteiger partial charge in [-0.05, 0) is 59.1 Å². The predicted molar refractivity (Wildman–Crippen MR) is 91.2 cm³/mol. The third kappa shape index (κ3) is 5.50. The molecule has 1 N–H and O–H groups in total. The van der Waals surface area contributed by atoms with Gasteiger partial charge in [-0.15, -0.1) is 0 Å². The van der Waals surface area contributed by atoms with Crippen LogP contribution in [-0.4, -0.2) is 40.7 Å². The number of hydrogen-bond donors (Lipinski definition) is 1. The highest BCUT2D eigenvalue weighted by molar-refractivity contribution is 5.68. The van der Waals surface area contributed by atoms with Crippen molar-refractivity contribution >= 4 is 6.09 Å². The molecule has 1 amide bonds. The third-order valence-electron chi connectivity index (χ3n) is 4.05. The van der Waals surface area contributed by atoms with Gasteiger partial charge in [0.15, 0.2) is 0 Å². The summed E-state index contributed by atoms with van der Waals surface area (Å²) in [6, 6.07) is 6.28. The van der Waals surface area contributed by atoms with E-state index in [2.05, 4.69) is 17.2 Å². The standard InChI is InChI=1S/C18H29N3O2/c1-14(16-10-5-7-11-19-16)20-13-15-9-6-8-12-21(15)17(22)23-18(2,3)4/h5,7,10-11,14-15,20H,6,8-9,12-13H2,1-4H3/t14-,15+/m0/s1. The van der Waals surface area contributed by atoms with Gasteiger partial charge in [0.1, 0.15) is 5.60 Å². The van der Waals surface area contributed by atoms with E-state index in [1.807, 2.05) is 43.9 Å². The molecule has 0 aliphatic carbocycles. The number of pyridine rings is 1. The van der Waals surface area contributed by atoms with Crippen LogP contribution in [0.3, 0.4) is 0 Å². The maximum absolute atomic E-state index is 12.4. The van der Waals surface area contributed by atoms with Gasteiger partial charge in [-0.1, -0.05) is 6.07 Å². The second kappa shape index (κ2) is 7.77. The second-order valence-electron chi connectivity index (χ2n) is 7.21. The number of rotatable bonds is 4. The molecular formula is C18H29N3O2. The molecule has 0 saturated carbocycles. The number of ether oxygens (including phenoxy) is 1. The van der Waals surface area contributed by atoms with Gasteiger partial charge in [0.25, 0.3) is 0 Å². The van der Waals surface area contributed by atoms with Crippen molar-refractivity contribution in [2.24, 2.45) is 0 Å². The molecule has 0 aromatic carbocycles. The van der Waals surface area contributed by atoms with Gasteiger partial charge >= 0.3 is 6.09 Å². The van der Waals surface area contributed by atoms with Gasteiger partial charge in [-0.2, -0.15) is 0 Å². The van der Waals surface area contributed by atoms with Crippen molar-refractivity contribution in [3.63, 3.8) is 0 Å². The molecule has 1 aliphatic rings. The highest BCUT2D eigenvalue weighted by Gasteiger charge is 2.30. The summed E-state index contributed by atoms with van der Waals surface area (Å²) in [6.07, 6.45) is 4.83. The number of hydrogen-bond acceptors (Lipinski definition) is 4. The van der Waals surface area contributed by atoms with Gasteiger partial charge in [0, 0.05) is 31.4 Å². The van der Waals surface area contributed by atoms with Crippen LogP contribution in [0.4, 0.5) is 4.79 Å². The van der Waals surface area contributed by atoms with E-state index in [0.717, 1.165) is 38.0 Å². The molecule has 1 fully saturated rings. The summed E-state index contributed by atoms with van der Waals surface area (Å²) in [7, 11) is 0. The van der Waals surface area contributed by atoms with Crippen LogP contribution in [0, 0.1) is 0 Å². The maximum atomic E-state index is 12.4. The number of nitrogens with one attached hydrogen (secondary N) is 1. The average Bonchev–Trinajstić information content (AvgIpc) is 2.52. The van der Waals surface area contributed by atoms with Crippen LogP contribution < -0.4 is 5.32 Å². The average molecular weight is 319 g/mol. The lowest BCUT2D eigenvalue weighted by atomic mass is 10.0. The number of likely N-dealkylation sites (tertiary alicyclic amines) is 1. The summed E-state index contributed by atoms with van der Waals surface area (Å²) >= 11 is 0. The predicted octanol–water partition coefficient (Wildman–Crippen LogP) is 3.52. The molecule has 5 nitrogen and oxygen atoms in total. The molecule has 128 valence electrons. The van der Waals surface area contributed by atoms with E-state index in [1.54, 1.807) is 6.20 Å². The van der Waals surface area contributed by atoms with E-state index in [1.165, 1.54) is 0 Å². The van der Waals surface area contributed by atoms with Crippen LogP contribution >= 0.6 is 0 Å². The molecule has 0 radical (unpaired) electrons. The molecule has 0 unspecified atom stereocenters. The molecule has 1 aliphatic heterocycles. The molecule has 2 rings (SSSR count). The Balaban J connectivity index is 1.92. The van der Waals surface area contributed by atoms with Gasteiger partial charge in [0.2, 0.25) is 0 Å². The van der Waals surface area contributed by atoms with Crippen molar-refractivity contribution in [1.29, 1.82) is 0 Å². The molecule has 0 bridgehead atoms. The lowest BCUT2D eigenvalue weighted by Gasteiger charge is -2.37. The number of carbonyl (C=O) groups is 1. The van der Waals surface area contributed by atoms with Crippen molar-refractivity contribution in [2.75, 3.05) is 13.1 Å². The first-order valence-corrected chi connectivity index (χ1v) is 8.51. The van der Waals surface area contributed by atoms with Crippen LogP contribution in [0.15, 0.2) is 24.4 Å². The number of aromatic nitrogens is 1. The third-order valence-corrected chi connectivity index (χ3v) is 4.05. The Labute approximate surface area is 139 Å². The van der Waals surface area contributed by atoms with Gasteiger partial charge in [-0.25, -0.2) is 4.79 Å². The molecule has 5 heteroatoms. The van der Waals surface area contributed by atoms with Crippen molar-refractivity contribution in [1.82, 2.24) is 15.2 Å². The zero-order valence-electron chi connectivity index (χ0n) is 14.7. The fourth-order valence-corrected chi connectivity index (χ4v) is 2.82.